The summed E-state index contributed by atoms with van der Waals surface area (Å²) in [6, 6.07) is 9.52. The minimum atomic E-state index is -0.0551. The van der Waals surface area contributed by atoms with Gasteiger partial charge in [-0.3, -0.25) is 9.78 Å². The highest BCUT2D eigenvalue weighted by Gasteiger charge is 2.24. The lowest BCUT2D eigenvalue weighted by Gasteiger charge is -2.30. The molecule has 3 aromatic rings. The van der Waals surface area contributed by atoms with Crippen LogP contribution in [0.4, 0.5) is 11.8 Å². The zero-order chi connectivity index (χ0) is 20.2. The van der Waals surface area contributed by atoms with Gasteiger partial charge in [0.05, 0.1) is 11.7 Å². The van der Waals surface area contributed by atoms with Gasteiger partial charge in [0, 0.05) is 50.4 Å². The molecule has 0 aliphatic heterocycles. The zero-order valence-corrected chi connectivity index (χ0v) is 16.7. The highest BCUT2D eigenvalue weighted by molar-refractivity contribution is 5.56. The molecule has 8 heteroatoms. The van der Waals surface area contributed by atoms with Gasteiger partial charge in [0.25, 0.3) is 5.56 Å². The Hall–Kier alpha value is -3.29. The summed E-state index contributed by atoms with van der Waals surface area (Å²) >= 11 is 0. The van der Waals surface area contributed by atoms with E-state index in [9.17, 15) is 4.79 Å². The van der Waals surface area contributed by atoms with Crippen LogP contribution in [0, 0.1) is 0 Å². The van der Waals surface area contributed by atoms with E-state index < -0.39 is 0 Å². The molecular formula is C21H25N7O. The average molecular weight is 391 g/mol. The monoisotopic (exact) mass is 391 g/mol. The molecule has 0 unspecified atom stereocenters. The van der Waals surface area contributed by atoms with Crippen LogP contribution >= 0.6 is 0 Å². The Labute approximate surface area is 169 Å². The number of hydrogen-bond acceptors (Lipinski definition) is 7. The molecule has 0 bridgehead atoms. The number of aromatic nitrogens is 5. The van der Waals surface area contributed by atoms with Crippen molar-refractivity contribution in [2.75, 3.05) is 24.3 Å². The first-order valence-corrected chi connectivity index (χ1v) is 9.87. The number of hydrogen-bond donors (Lipinski definition) is 1. The van der Waals surface area contributed by atoms with Gasteiger partial charge in [-0.15, -0.1) is 0 Å². The Morgan fingerprint density at radius 2 is 1.90 bits per heavy atom. The van der Waals surface area contributed by atoms with Gasteiger partial charge in [-0.05, 0) is 49.9 Å². The molecule has 0 spiro atoms. The Balaban J connectivity index is 1.43. The van der Waals surface area contributed by atoms with Gasteiger partial charge in [0.2, 0.25) is 5.95 Å². The first-order valence-electron chi connectivity index (χ1n) is 9.87. The fourth-order valence-corrected chi connectivity index (χ4v) is 3.67. The van der Waals surface area contributed by atoms with Crippen molar-refractivity contribution in [3.63, 3.8) is 0 Å². The number of nitrogens with zero attached hydrogens (tertiary/aromatic N) is 6. The molecule has 0 atom stereocenters. The summed E-state index contributed by atoms with van der Waals surface area (Å²) in [7, 11) is 3.85. The van der Waals surface area contributed by atoms with Crippen molar-refractivity contribution in [1.29, 1.82) is 0 Å². The lowest BCUT2D eigenvalue weighted by atomic mass is 9.91. The summed E-state index contributed by atoms with van der Waals surface area (Å²) in [4.78, 5) is 27.2. The van der Waals surface area contributed by atoms with Crippen molar-refractivity contribution in [3.8, 4) is 11.3 Å². The molecule has 0 saturated heterocycles. The first kappa shape index (κ1) is 19.0. The number of pyridine rings is 1. The van der Waals surface area contributed by atoms with Gasteiger partial charge in [-0.2, -0.15) is 10.1 Å². The van der Waals surface area contributed by atoms with Crippen molar-refractivity contribution >= 4 is 11.8 Å². The maximum Gasteiger partial charge on any atom is 0.267 e. The van der Waals surface area contributed by atoms with Gasteiger partial charge in [-0.25, -0.2) is 9.67 Å². The fourth-order valence-electron chi connectivity index (χ4n) is 3.67. The minimum absolute atomic E-state index is 0.0551. The third-order valence-corrected chi connectivity index (χ3v) is 5.22. The Morgan fingerprint density at radius 1 is 1.07 bits per heavy atom. The SMILES string of the molecule is CN(C)c1nccc(NC2CCC(n3nc(-c4cccnc4)ccc3=O)CC2)n1. The van der Waals surface area contributed by atoms with Crippen LogP contribution in [0.1, 0.15) is 31.7 Å². The van der Waals surface area contributed by atoms with Crippen molar-refractivity contribution < 1.29 is 0 Å². The van der Waals surface area contributed by atoms with Crippen LogP contribution in [0.25, 0.3) is 11.3 Å². The van der Waals surface area contributed by atoms with E-state index in [1.165, 1.54) is 0 Å². The molecule has 3 aromatic heterocycles. The van der Waals surface area contributed by atoms with Crippen LogP contribution in [0.3, 0.4) is 0 Å². The van der Waals surface area contributed by atoms with Crippen LogP contribution in [-0.2, 0) is 0 Å². The van der Waals surface area contributed by atoms with Crippen LogP contribution in [0.2, 0.25) is 0 Å². The van der Waals surface area contributed by atoms with E-state index in [-0.39, 0.29) is 11.6 Å². The third kappa shape index (κ3) is 4.42. The van der Waals surface area contributed by atoms with E-state index in [1.807, 2.05) is 37.2 Å². The second-order valence-electron chi connectivity index (χ2n) is 7.53. The second kappa shape index (κ2) is 8.38. The lowest BCUT2D eigenvalue weighted by Crippen LogP contribution is -2.33. The normalized spacial score (nSPS) is 19.0. The number of rotatable bonds is 5. The predicted octanol–water partition coefficient (Wildman–Crippen LogP) is 2.76. The summed E-state index contributed by atoms with van der Waals surface area (Å²) < 4.78 is 1.65. The minimum Gasteiger partial charge on any atom is -0.367 e. The van der Waals surface area contributed by atoms with Crippen molar-refractivity contribution in [2.24, 2.45) is 0 Å². The summed E-state index contributed by atoms with van der Waals surface area (Å²) in [5.74, 6) is 1.52. The number of anilines is 2. The standard InChI is InChI=1S/C21H25N7O/c1-27(2)21-23-13-11-19(25-21)24-16-5-7-17(8-6-16)28-20(29)10-9-18(26-28)15-4-3-12-22-14-15/h3-4,9-14,16-17H,5-8H2,1-2H3,(H,23,24,25). The largest absolute Gasteiger partial charge is 0.367 e. The van der Waals surface area contributed by atoms with Gasteiger partial charge < -0.3 is 10.2 Å². The van der Waals surface area contributed by atoms with Gasteiger partial charge >= 0.3 is 0 Å². The van der Waals surface area contributed by atoms with Crippen LogP contribution in [0.5, 0.6) is 0 Å². The van der Waals surface area contributed by atoms with E-state index in [0.29, 0.717) is 12.0 Å². The van der Waals surface area contributed by atoms with Gasteiger partial charge in [0.15, 0.2) is 0 Å². The zero-order valence-electron chi connectivity index (χ0n) is 16.7. The molecule has 0 amide bonds. The summed E-state index contributed by atoms with van der Waals surface area (Å²) in [5, 5.41) is 8.13. The molecule has 0 aromatic carbocycles. The molecule has 1 saturated carbocycles. The Morgan fingerprint density at radius 3 is 2.62 bits per heavy atom. The third-order valence-electron chi connectivity index (χ3n) is 5.22. The number of nitrogens with one attached hydrogen (secondary N) is 1. The molecular weight excluding hydrogens is 366 g/mol. The summed E-state index contributed by atoms with van der Waals surface area (Å²) in [6.45, 7) is 0. The van der Waals surface area contributed by atoms with Crippen LogP contribution < -0.4 is 15.8 Å². The smallest absolute Gasteiger partial charge is 0.267 e. The topological polar surface area (TPSA) is 88.8 Å². The van der Waals surface area contributed by atoms with E-state index >= 15 is 0 Å². The molecule has 1 fully saturated rings. The molecule has 4 rings (SSSR count). The van der Waals surface area contributed by atoms with Crippen LogP contribution in [-0.4, -0.2) is 44.9 Å². The van der Waals surface area contributed by atoms with E-state index in [2.05, 4.69) is 25.4 Å². The molecule has 3 heterocycles. The Bertz CT molecular complexity index is 1010. The fraction of sp³-hybridized carbons (Fsp3) is 0.381. The molecule has 1 aliphatic rings. The molecule has 1 N–H and O–H groups in total. The summed E-state index contributed by atoms with van der Waals surface area (Å²) in [6.07, 6.45) is 8.96. The van der Waals surface area contributed by atoms with Gasteiger partial charge in [-0.1, -0.05) is 0 Å². The van der Waals surface area contributed by atoms with Crippen molar-refractivity contribution in [2.45, 2.75) is 37.8 Å². The second-order valence-corrected chi connectivity index (χ2v) is 7.53. The average Bonchev–Trinajstić information content (AvgIpc) is 2.75. The Kier molecular flexibility index (Phi) is 5.50. The lowest BCUT2D eigenvalue weighted by molar-refractivity contribution is 0.304. The van der Waals surface area contributed by atoms with Crippen molar-refractivity contribution in [1.82, 2.24) is 24.7 Å². The maximum absolute atomic E-state index is 12.4. The molecule has 29 heavy (non-hydrogen) atoms. The molecule has 150 valence electrons. The van der Waals surface area contributed by atoms with E-state index in [1.54, 1.807) is 35.4 Å². The highest BCUT2D eigenvalue weighted by Crippen LogP contribution is 2.29. The highest BCUT2D eigenvalue weighted by atomic mass is 16.1. The summed E-state index contributed by atoms with van der Waals surface area (Å²) in [5.41, 5.74) is 1.63. The van der Waals surface area contributed by atoms with E-state index in [4.69, 9.17) is 0 Å². The van der Waals surface area contributed by atoms with Crippen LogP contribution in [0.15, 0.2) is 53.7 Å². The maximum atomic E-state index is 12.4. The van der Waals surface area contributed by atoms with Gasteiger partial charge in [0.1, 0.15) is 5.82 Å². The quantitative estimate of drug-likeness (QED) is 0.715. The molecule has 1 aliphatic carbocycles. The predicted molar refractivity (Wildman–Crippen MR) is 113 cm³/mol. The van der Waals surface area contributed by atoms with E-state index in [0.717, 1.165) is 42.8 Å². The molecule has 0 radical (unpaired) electrons. The van der Waals surface area contributed by atoms with Crippen molar-refractivity contribution in [3.05, 3.63) is 59.3 Å². The molecule has 8 nitrogen and oxygen atoms in total. The first-order chi connectivity index (χ1) is 14.1.